The van der Waals surface area contributed by atoms with Gasteiger partial charge in [0.1, 0.15) is 18.2 Å². The van der Waals surface area contributed by atoms with Gasteiger partial charge in [-0.2, -0.15) is 5.26 Å². The monoisotopic (exact) mass is 311 g/mol. The van der Waals surface area contributed by atoms with E-state index in [1.54, 1.807) is 6.07 Å². The topological polar surface area (TPSA) is 88.8 Å². The second-order valence-corrected chi connectivity index (χ2v) is 4.26. The standard InChI is InChI=1S/C14H14ClNO5/c1-19-3-4-21-14(18)10(8-16)5-9-6-11(15)13(17)12(7-9)20-2/h5-7,17H,3-4H2,1-2H3/b10-5-. The van der Waals surface area contributed by atoms with E-state index in [9.17, 15) is 9.90 Å². The third-order valence-corrected chi connectivity index (χ3v) is 2.73. The van der Waals surface area contributed by atoms with Gasteiger partial charge in [0.2, 0.25) is 0 Å². The number of methoxy groups -OCH3 is 2. The van der Waals surface area contributed by atoms with Crippen molar-refractivity contribution in [1.29, 1.82) is 5.26 Å². The van der Waals surface area contributed by atoms with Crippen LogP contribution >= 0.6 is 11.6 Å². The molecule has 1 aromatic rings. The smallest absolute Gasteiger partial charge is 0.348 e. The summed E-state index contributed by atoms with van der Waals surface area (Å²) in [7, 11) is 2.84. The zero-order valence-electron chi connectivity index (χ0n) is 11.6. The minimum Gasteiger partial charge on any atom is -0.503 e. The number of rotatable bonds is 6. The molecular formula is C14H14ClNO5. The number of phenolic OH excluding ortho intramolecular Hbond substituents is 1. The van der Waals surface area contributed by atoms with Crippen LogP contribution in [0.25, 0.3) is 6.08 Å². The first kappa shape index (κ1) is 16.8. The maximum absolute atomic E-state index is 11.7. The maximum Gasteiger partial charge on any atom is 0.348 e. The fraction of sp³-hybridized carbons (Fsp3) is 0.286. The van der Waals surface area contributed by atoms with Crippen molar-refractivity contribution in [2.45, 2.75) is 0 Å². The molecule has 21 heavy (non-hydrogen) atoms. The van der Waals surface area contributed by atoms with Crippen LogP contribution in [0.2, 0.25) is 5.02 Å². The summed E-state index contributed by atoms with van der Waals surface area (Å²) in [5.74, 6) is -0.839. The van der Waals surface area contributed by atoms with E-state index in [1.807, 2.05) is 0 Å². The van der Waals surface area contributed by atoms with Crippen molar-refractivity contribution < 1.29 is 24.1 Å². The van der Waals surface area contributed by atoms with Gasteiger partial charge in [0.15, 0.2) is 11.5 Å². The summed E-state index contributed by atoms with van der Waals surface area (Å²) in [6.45, 7) is 0.289. The number of hydrogen-bond acceptors (Lipinski definition) is 6. The Morgan fingerprint density at radius 1 is 1.43 bits per heavy atom. The van der Waals surface area contributed by atoms with Crippen LogP contribution in [-0.4, -0.2) is 38.5 Å². The predicted molar refractivity (Wildman–Crippen MR) is 76.1 cm³/mol. The van der Waals surface area contributed by atoms with Gasteiger partial charge in [0, 0.05) is 7.11 Å². The summed E-state index contributed by atoms with van der Waals surface area (Å²) < 4.78 is 14.5. The van der Waals surface area contributed by atoms with Crippen molar-refractivity contribution in [1.82, 2.24) is 0 Å². The number of nitriles is 1. The van der Waals surface area contributed by atoms with Crippen molar-refractivity contribution in [3.63, 3.8) is 0 Å². The predicted octanol–water partition coefficient (Wildman–Crippen LogP) is 2.15. The quantitative estimate of drug-likeness (QED) is 0.375. The van der Waals surface area contributed by atoms with E-state index in [4.69, 9.17) is 31.1 Å². The van der Waals surface area contributed by atoms with Gasteiger partial charge in [0.05, 0.1) is 18.7 Å². The average Bonchev–Trinajstić information content (AvgIpc) is 2.48. The molecule has 0 aliphatic rings. The van der Waals surface area contributed by atoms with Crippen LogP contribution in [0.1, 0.15) is 5.56 Å². The fourth-order valence-corrected chi connectivity index (χ4v) is 1.65. The minimum absolute atomic E-state index is 0.0469. The van der Waals surface area contributed by atoms with E-state index >= 15 is 0 Å². The Bertz CT molecular complexity index is 592. The molecule has 0 amide bonds. The lowest BCUT2D eigenvalue weighted by Gasteiger charge is -2.07. The normalized spacial score (nSPS) is 10.9. The van der Waals surface area contributed by atoms with Crippen molar-refractivity contribution >= 4 is 23.6 Å². The molecule has 0 saturated carbocycles. The number of esters is 1. The summed E-state index contributed by atoms with van der Waals surface area (Å²) in [4.78, 5) is 11.7. The highest BCUT2D eigenvalue weighted by atomic mass is 35.5. The summed E-state index contributed by atoms with van der Waals surface area (Å²) in [5, 5.41) is 18.7. The molecule has 0 bridgehead atoms. The number of nitrogens with zero attached hydrogens (tertiary/aromatic N) is 1. The summed E-state index contributed by atoms with van der Waals surface area (Å²) in [5.41, 5.74) is 0.227. The van der Waals surface area contributed by atoms with Crippen LogP contribution in [-0.2, 0) is 14.3 Å². The number of aromatic hydroxyl groups is 1. The Morgan fingerprint density at radius 2 is 2.14 bits per heavy atom. The molecule has 1 rings (SSSR count). The molecule has 6 nitrogen and oxygen atoms in total. The van der Waals surface area contributed by atoms with Crippen LogP contribution in [0.15, 0.2) is 17.7 Å². The maximum atomic E-state index is 11.7. The molecule has 0 heterocycles. The van der Waals surface area contributed by atoms with Crippen molar-refractivity contribution in [3.8, 4) is 17.6 Å². The van der Waals surface area contributed by atoms with E-state index in [0.29, 0.717) is 5.56 Å². The van der Waals surface area contributed by atoms with Gasteiger partial charge in [-0.25, -0.2) is 4.79 Å². The number of carbonyl (C=O) groups is 1. The second kappa shape index (κ2) is 8.15. The molecule has 7 heteroatoms. The molecule has 0 saturated heterocycles. The Labute approximate surface area is 127 Å². The lowest BCUT2D eigenvalue weighted by atomic mass is 10.1. The molecule has 0 radical (unpaired) electrons. The summed E-state index contributed by atoms with van der Waals surface area (Å²) in [6.07, 6.45) is 1.29. The van der Waals surface area contributed by atoms with Gasteiger partial charge < -0.3 is 19.3 Å². The zero-order chi connectivity index (χ0) is 15.8. The number of carbonyl (C=O) groups excluding carboxylic acids is 1. The number of halogens is 1. The average molecular weight is 312 g/mol. The lowest BCUT2D eigenvalue weighted by Crippen LogP contribution is -2.11. The Hall–Kier alpha value is -2.23. The number of phenols is 1. The number of hydrogen-bond donors (Lipinski definition) is 1. The van der Waals surface area contributed by atoms with E-state index in [1.165, 1.54) is 32.4 Å². The van der Waals surface area contributed by atoms with Crippen LogP contribution in [0.4, 0.5) is 0 Å². The highest BCUT2D eigenvalue weighted by Gasteiger charge is 2.13. The van der Waals surface area contributed by atoms with E-state index in [0.717, 1.165) is 0 Å². The fourth-order valence-electron chi connectivity index (χ4n) is 1.43. The van der Waals surface area contributed by atoms with Crippen LogP contribution < -0.4 is 4.74 Å². The van der Waals surface area contributed by atoms with Gasteiger partial charge in [0.25, 0.3) is 0 Å². The summed E-state index contributed by atoms with van der Waals surface area (Å²) >= 11 is 5.83. The largest absolute Gasteiger partial charge is 0.503 e. The molecule has 0 fully saturated rings. The number of benzene rings is 1. The zero-order valence-corrected chi connectivity index (χ0v) is 12.3. The molecule has 112 valence electrons. The first-order valence-electron chi connectivity index (χ1n) is 5.87. The van der Waals surface area contributed by atoms with Crippen LogP contribution in [0.3, 0.4) is 0 Å². The van der Waals surface area contributed by atoms with E-state index in [2.05, 4.69) is 0 Å². The molecule has 0 unspecified atom stereocenters. The number of ether oxygens (including phenoxy) is 3. The molecule has 0 aliphatic carbocycles. The van der Waals surface area contributed by atoms with Crippen LogP contribution in [0.5, 0.6) is 11.5 Å². The van der Waals surface area contributed by atoms with Crippen LogP contribution in [0, 0.1) is 11.3 Å². The molecular weight excluding hydrogens is 298 g/mol. The molecule has 0 spiro atoms. The van der Waals surface area contributed by atoms with Gasteiger partial charge in [-0.3, -0.25) is 0 Å². The van der Waals surface area contributed by atoms with E-state index in [-0.39, 0.29) is 35.3 Å². The summed E-state index contributed by atoms with van der Waals surface area (Å²) in [6, 6.07) is 4.60. The highest BCUT2D eigenvalue weighted by molar-refractivity contribution is 6.32. The third-order valence-electron chi connectivity index (χ3n) is 2.44. The van der Waals surface area contributed by atoms with Crippen molar-refractivity contribution in [2.75, 3.05) is 27.4 Å². The highest BCUT2D eigenvalue weighted by Crippen LogP contribution is 2.35. The van der Waals surface area contributed by atoms with E-state index < -0.39 is 5.97 Å². The Balaban J connectivity index is 3.01. The SMILES string of the molecule is COCCOC(=O)/C(C#N)=C\c1cc(Cl)c(O)c(OC)c1. The van der Waals surface area contributed by atoms with Gasteiger partial charge >= 0.3 is 5.97 Å². The minimum atomic E-state index is -0.766. The first-order valence-corrected chi connectivity index (χ1v) is 6.25. The molecule has 0 atom stereocenters. The molecule has 0 aliphatic heterocycles. The third kappa shape index (κ3) is 4.67. The molecule has 0 aromatic heterocycles. The Kier molecular flexibility index (Phi) is 6.53. The molecule has 1 N–H and O–H groups in total. The second-order valence-electron chi connectivity index (χ2n) is 3.85. The Morgan fingerprint density at radius 3 is 2.71 bits per heavy atom. The van der Waals surface area contributed by atoms with Gasteiger partial charge in [-0.1, -0.05) is 11.6 Å². The van der Waals surface area contributed by atoms with Gasteiger partial charge in [-0.15, -0.1) is 0 Å². The van der Waals surface area contributed by atoms with Gasteiger partial charge in [-0.05, 0) is 23.8 Å². The van der Waals surface area contributed by atoms with Crippen molar-refractivity contribution in [2.24, 2.45) is 0 Å². The first-order chi connectivity index (χ1) is 10.0. The molecule has 1 aromatic carbocycles. The lowest BCUT2D eigenvalue weighted by molar-refractivity contribution is -0.139. The van der Waals surface area contributed by atoms with Crippen molar-refractivity contribution in [3.05, 3.63) is 28.3 Å².